The van der Waals surface area contributed by atoms with Crippen molar-refractivity contribution in [2.75, 3.05) is 11.9 Å². The Morgan fingerprint density at radius 3 is 2.55 bits per heavy atom. The molecule has 0 atom stereocenters. The quantitative estimate of drug-likeness (QED) is 0.890. The van der Waals surface area contributed by atoms with Crippen molar-refractivity contribution in [1.82, 2.24) is 0 Å². The molecule has 0 bridgehead atoms. The van der Waals surface area contributed by atoms with Gasteiger partial charge in [0.1, 0.15) is 5.75 Å². The van der Waals surface area contributed by atoms with E-state index in [1.807, 2.05) is 0 Å². The number of aliphatic hydroxyl groups excluding tert-OH is 1. The largest absolute Gasteiger partial charge is 0.483 e. The summed E-state index contributed by atoms with van der Waals surface area (Å²) in [5.41, 5.74) is 1.30. The van der Waals surface area contributed by atoms with Crippen LogP contribution in [0.15, 0.2) is 48.5 Å². The highest BCUT2D eigenvalue weighted by Gasteiger charge is 2.06. The van der Waals surface area contributed by atoms with Gasteiger partial charge in [0.2, 0.25) is 0 Å². The Bertz CT molecular complexity index is 584. The van der Waals surface area contributed by atoms with Gasteiger partial charge in [-0.15, -0.1) is 0 Å². The Labute approximate surface area is 122 Å². The highest BCUT2D eigenvalue weighted by Crippen LogP contribution is 2.18. The fourth-order valence-corrected chi connectivity index (χ4v) is 1.77. The number of carbonyl (C=O) groups is 1. The molecule has 0 aliphatic rings. The minimum atomic E-state index is -0.278. The smallest absolute Gasteiger partial charge is 0.262 e. The van der Waals surface area contributed by atoms with Crippen LogP contribution in [0.2, 0.25) is 5.02 Å². The van der Waals surface area contributed by atoms with Crippen LogP contribution < -0.4 is 10.1 Å². The number of rotatable bonds is 5. The predicted octanol–water partition coefficient (Wildman–Crippen LogP) is 2.85. The average molecular weight is 292 g/mol. The number of para-hydroxylation sites is 1. The van der Waals surface area contributed by atoms with E-state index in [1.54, 1.807) is 48.5 Å². The summed E-state index contributed by atoms with van der Waals surface area (Å²) in [6.45, 7) is -0.255. The van der Waals surface area contributed by atoms with E-state index in [9.17, 15) is 4.79 Å². The number of hydrogen-bond donors (Lipinski definition) is 2. The third-order valence-corrected chi connectivity index (χ3v) is 2.88. The standard InChI is InChI=1S/C15H14ClNO3/c16-12-5-7-13(8-6-12)17-15(19)10-20-14-4-2-1-3-11(14)9-18/h1-8,18H,9-10H2,(H,17,19). The lowest BCUT2D eigenvalue weighted by atomic mass is 10.2. The van der Waals surface area contributed by atoms with E-state index in [4.69, 9.17) is 21.4 Å². The van der Waals surface area contributed by atoms with E-state index in [-0.39, 0.29) is 19.1 Å². The third-order valence-electron chi connectivity index (χ3n) is 2.63. The summed E-state index contributed by atoms with van der Waals surface area (Å²) >= 11 is 5.76. The molecule has 0 aliphatic heterocycles. The summed E-state index contributed by atoms with van der Waals surface area (Å²) in [5.74, 6) is 0.223. The van der Waals surface area contributed by atoms with Gasteiger partial charge in [0.05, 0.1) is 6.61 Å². The molecule has 2 N–H and O–H groups in total. The number of amides is 1. The van der Waals surface area contributed by atoms with Crippen molar-refractivity contribution >= 4 is 23.2 Å². The molecule has 4 nitrogen and oxygen atoms in total. The maximum Gasteiger partial charge on any atom is 0.262 e. The highest BCUT2D eigenvalue weighted by molar-refractivity contribution is 6.30. The van der Waals surface area contributed by atoms with Crippen LogP contribution in [0, 0.1) is 0 Å². The first-order valence-corrected chi connectivity index (χ1v) is 6.44. The lowest BCUT2D eigenvalue weighted by molar-refractivity contribution is -0.118. The summed E-state index contributed by atoms with van der Waals surface area (Å²) in [7, 11) is 0. The van der Waals surface area contributed by atoms with E-state index < -0.39 is 0 Å². The average Bonchev–Trinajstić information content (AvgIpc) is 2.48. The molecular weight excluding hydrogens is 278 g/mol. The highest BCUT2D eigenvalue weighted by atomic mass is 35.5. The molecule has 2 rings (SSSR count). The Hall–Kier alpha value is -2.04. The molecule has 0 fully saturated rings. The maximum atomic E-state index is 11.7. The Balaban J connectivity index is 1.90. The van der Waals surface area contributed by atoms with Crippen LogP contribution in [-0.2, 0) is 11.4 Å². The molecule has 1 amide bonds. The second-order valence-corrected chi connectivity index (χ2v) is 4.55. The van der Waals surface area contributed by atoms with Gasteiger partial charge in [-0.1, -0.05) is 29.8 Å². The monoisotopic (exact) mass is 291 g/mol. The van der Waals surface area contributed by atoms with Crippen LogP contribution in [0.5, 0.6) is 5.75 Å². The van der Waals surface area contributed by atoms with Gasteiger partial charge in [-0.3, -0.25) is 4.79 Å². The molecule has 104 valence electrons. The summed E-state index contributed by atoms with van der Waals surface area (Å²) in [5, 5.41) is 12.5. The fraction of sp³-hybridized carbons (Fsp3) is 0.133. The van der Waals surface area contributed by atoms with Gasteiger partial charge in [0, 0.05) is 16.3 Å². The minimum Gasteiger partial charge on any atom is -0.483 e. The molecule has 0 spiro atoms. The molecule has 0 radical (unpaired) electrons. The number of carbonyl (C=O) groups excluding carboxylic acids is 1. The fourth-order valence-electron chi connectivity index (χ4n) is 1.65. The molecule has 0 aliphatic carbocycles. The molecule has 2 aromatic carbocycles. The van der Waals surface area contributed by atoms with Crippen molar-refractivity contribution in [3.63, 3.8) is 0 Å². The molecule has 5 heteroatoms. The molecule has 20 heavy (non-hydrogen) atoms. The lowest BCUT2D eigenvalue weighted by Crippen LogP contribution is -2.20. The van der Waals surface area contributed by atoms with Crippen LogP contribution in [-0.4, -0.2) is 17.6 Å². The Kier molecular flexibility index (Phi) is 4.98. The number of ether oxygens (including phenoxy) is 1. The van der Waals surface area contributed by atoms with Crippen LogP contribution in [0.3, 0.4) is 0 Å². The van der Waals surface area contributed by atoms with Crippen molar-refractivity contribution in [2.24, 2.45) is 0 Å². The first-order chi connectivity index (χ1) is 9.69. The lowest BCUT2D eigenvalue weighted by Gasteiger charge is -2.10. The van der Waals surface area contributed by atoms with Gasteiger partial charge in [0.15, 0.2) is 6.61 Å². The topological polar surface area (TPSA) is 58.6 Å². The third kappa shape index (κ3) is 3.98. The second-order valence-electron chi connectivity index (χ2n) is 4.11. The van der Waals surface area contributed by atoms with Crippen LogP contribution in [0.4, 0.5) is 5.69 Å². The first-order valence-electron chi connectivity index (χ1n) is 6.06. The summed E-state index contributed by atoms with van der Waals surface area (Å²) < 4.78 is 5.39. The van der Waals surface area contributed by atoms with Crippen LogP contribution >= 0.6 is 11.6 Å². The van der Waals surface area contributed by atoms with Crippen molar-refractivity contribution < 1.29 is 14.6 Å². The van der Waals surface area contributed by atoms with Crippen LogP contribution in [0.1, 0.15) is 5.56 Å². The van der Waals surface area contributed by atoms with Gasteiger partial charge in [-0.25, -0.2) is 0 Å². The molecule has 0 unspecified atom stereocenters. The van der Waals surface area contributed by atoms with Gasteiger partial charge in [-0.05, 0) is 30.3 Å². The summed E-state index contributed by atoms with van der Waals surface area (Å²) in [4.78, 5) is 11.7. The number of hydrogen-bond acceptors (Lipinski definition) is 3. The predicted molar refractivity (Wildman–Crippen MR) is 77.9 cm³/mol. The zero-order chi connectivity index (χ0) is 14.4. The number of anilines is 1. The van der Waals surface area contributed by atoms with Crippen molar-refractivity contribution in [2.45, 2.75) is 6.61 Å². The molecule has 2 aromatic rings. The van der Waals surface area contributed by atoms with Gasteiger partial charge >= 0.3 is 0 Å². The van der Waals surface area contributed by atoms with Crippen molar-refractivity contribution in [3.8, 4) is 5.75 Å². The molecule has 0 heterocycles. The van der Waals surface area contributed by atoms with Gasteiger partial charge < -0.3 is 15.2 Å². The zero-order valence-electron chi connectivity index (χ0n) is 10.7. The summed E-state index contributed by atoms with van der Waals surface area (Å²) in [6, 6.07) is 13.8. The maximum absolute atomic E-state index is 11.7. The second kappa shape index (κ2) is 6.93. The van der Waals surface area contributed by atoms with E-state index in [1.165, 1.54) is 0 Å². The van der Waals surface area contributed by atoms with Crippen molar-refractivity contribution in [3.05, 3.63) is 59.1 Å². The van der Waals surface area contributed by atoms with E-state index in [0.717, 1.165) is 0 Å². The first kappa shape index (κ1) is 14.4. The van der Waals surface area contributed by atoms with E-state index in [2.05, 4.69) is 5.32 Å². The van der Waals surface area contributed by atoms with Gasteiger partial charge in [-0.2, -0.15) is 0 Å². The molecule has 0 saturated heterocycles. The number of halogens is 1. The zero-order valence-corrected chi connectivity index (χ0v) is 11.4. The number of aliphatic hydroxyl groups is 1. The normalized spacial score (nSPS) is 10.1. The van der Waals surface area contributed by atoms with Crippen LogP contribution in [0.25, 0.3) is 0 Å². The molecule has 0 aromatic heterocycles. The van der Waals surface area contributed by atoms with E-state index >= 15 is 0 Å². The Morgan fingerprint density at radius 2 is 1.85 bits per heavy atom. The minimum absolute atomic E-state index is 0.125. The van der Waals surface area contributed by atoms with E-state index in [0.29, 0.717) is 22.0 Å². The van der Waals surface area contributed by atoms with Gasteiger partial charge in [0.25, 0.3) is 5.91 Å². The molecule has 0 saturated carbocycles. The Morgan fingerprint density at radius 1 is 1.15 bits per heavy atom. The SMILES string of the molecule is O=C(COc1ccccc1CO)Nc1ccc(Cl)cc1. The van der Waals surface area contributed by atoms with Crippen molar-refractivity contribution in [1.29, 1.82) is 0 Å². The summed E-state index contributed by atoms with van der Waals surface area (Å²) in [6.07, 6.45) is 0. The molecular formula is C15H14ClNO3. The number of benzene rings is 2. The number of nitrogens with one attached hydrogen (secondary N) is 1.